The Bertz CT molecular complexity index is 950. The topological polar surface area (TPSA) is 98.5 Å². The summed E-state index contributed by atoms with van der Waals surface area (Å²) in [7, 11) is 0. The molecule has 2 atom stereocenters. The van der Waals surface area contributed by atoms with Crippen LogP contribution in [0.5, 0.6) is 0 Å². The third kappa shape index (κ3) is 5.23. The highest BCUT2D eigenvalue weighted by atomic mass is 16.6. The molecule has 0 saturated heterocycles. The Morgan fingerprint density at radius 1 is 1.07 bits per heavy atom. The number of hydrogen-bond acceptors (Lipinski definition) is 5. The Morgan fingerprint density at radius 3 is 2.37 bits per heavy atom. The van der Waals surface area contributed by atoms with Crippen LogP contribution in [0.25, 0.3) is 0 Å². The third-order valence-corrected chi connectivity index (χ3v) is 5.12. The summed E-state index contributed by atoms with van der Waals surface area (Å²) in [6.45, 7) is 5.69. The number of nitrogens with one attached hydrogen (secondary N) is 1. The number of non-ortho nitro benzene ring substituents is 1. The number of benzene rings is 2. The molecule has 0 fully saturated rings. The molecule has 0 aromatic heterocycles. The Hall–Kier alpha value is -3.22. The standard InChI is InChI=1S/C23H26N2O5/c1-23(2,3)30-22(27)20-13-17-11-18(25(28)29)10-9-16(17)12-19(20)21(26)24-14-15-7-5-4-6-8-15/h4-11,19-20H,12-14H2,1-3H3,(H,24,26). The minimum absolute atomic E-state index is 0.0244. The van der Waals surface area contributed by atoms with Crippen molar-refractivity contribution in [2.45, 2.75) is 45.8 Å². The van der Waals surface area contributed by atoms with E-state index in [4.69, 9.17) is 4.74 Å². The van der Waals surface area contributed by atoms with Gasteiger partial charge in [0.05, 0.1) is 16.8 Å². The van der Waals surface area contributed by atoms with Gasteiger partial charge in [-0.15, -0.1) is 0 Å². The molecular weight excluding hydrogens is 384 g/mol. The zero-order valence-corrected chi connectivity index (χ0v) is 17.4. The molecule has 0 saturated carbocycles. The van der Waals surface area contributed by atoms with Gasteiger partial charge in [0.1, 0.15) is 5.60 Å². The van der Waals surface area contributed by atoms with Gasteiger partial charge in [0.25, 0.3) is 5.69 Å². The lowest BCUT2D eigenvalue weighted by Crippen LogP contribution is -2.44. The molecule has 0 spiro atoms. The van der Waals surface area contributed by atoms with E-state index in [1.807, 2.05) is 30.3 Å². The maximum Gasteiger partial charge on any atom is 0.310 e. The molecule has 1 amide bonds. The zero-order valence-electron chi connectivity index (χ0n) is 17.4. The van der Waals surface area contributed by atoms with E-state index >= 15 is 0 Å². The predicted molar refractivity (Wildman–Crippen MR) is 112 cm³/mol. The number of amides is 1. The largest absolute Gasteiger partial charge is 0.460 e. The summed E-state index contributed by atoms with van der Waals surface area (Å²) >= 11 is 0. The maximum atomic E-state index is 13.0. The van der Waals surface area contributed by atoms with E-state index in [9.17, 15) is 19.7 Å². The molecule has 2 unspecified atom stereocenters. The van der Waals surface area contributed by atoms with Crippen LogP contribution in [0.3, 0.4) is 0 Å². The van der Waals surface area contributed by atoms with Crippen molar-refractivity contribution in [3.05, 3.63) is 75.3 Å². The van der Waals surface area contributed by atoms with Crippen LogP contribution >= 0.6 is 0 Å². The van der Waals surface area contributed by atoms with Gasteiger partial charge in [-0.1, -0.05) is 36.4 Å². The summed E-state index contributed by atoms with van der Waals surface area (Å²) in [5.41, 5.74) is 1.81. The number of hydrogen-bond donors (Lipinski definition) is 1. The lowest BCUT2D eigenvalue weighted by atomic mass is 9.75. The molecule has 158 valence electrons. The van der Waals surface area contributed by atoms with Gasteiger partial charge in [0.15, 0.2) is 0 Å². The number of nitro benzene ring substituents is 1. The van der Waals surface area contributed by atoms with Crippen LogP contribution in [0.1, 0.15) is 37.5 Å². The number of carbonyl (C=O) groups excluding carboxylic acids is 2. The number of nitro groups is 1. The average Bonchev–Trinajstić information content (AvgIpc) is 2.70. The van der Waals surface area contributed by atoms with Gasteiger partial charge in [0.2, 0.25) is 5.91 Å². The highest BCUT2D eigenvalue weighted by molar-refractivity contribution is 5.86. The Balaban J connectivity index is 1.84. The molecule has 2 aromatic rings. The number of esters is 1. The molecule has 1 N–H and O–H groups in total. The van der Waals surface area contributed by atoms with Gasteiger partial charge in [-0.05, 0) is 50.3 Å². The molecule has 3 rings (SSSR count). The van der Waals surface area contributed by atoms with Crippen LogP contribution < -0.4 is 5.32 Å². The number of rotatable bonds is 5. The van der Waals surface area contributed by atoms with Crippen LogP contribution in [0.15, 0.2) is 48.5 Å². The number of fused-ring (bicyclic) bond motifs is 1. The van der Waals surface area contributed by atoms with Crippen molar-refractivity contribution < 1.29 is 19.2 Å². The summed E-state index contributed by atoms with van der Waals surface area (Å²) in [6.07, 6.45) is 0.563. The van der Waals surface area contributed by atoms with Gasteiger partial charge in [-0.2, -0.15) is 0 Å². The van der Waals surface area contributed by atoms with Crippen molar-refractivity contribution in [1.82, 2.24) is 5.32 Å². The molecule has 30 heavy (non-hydrogen) atoms. The van der Waals surface area contributed by atoms with E-state index in [-0.39, 0.29) is 18.0 Å². The van der Waals surface area contributed by atoms with Crippen molar-refractivity contribution in [2.24, 2.45) is 11.8 Å². The quantitative estimate of drug-likeness (QED) is 0.461. The number of ether oxygens (including phenoxy) is 1. The fraction of sp³-hybridized carbons (Fsp3) is 0.391. The molecule has 1 aliphatic rings. The Morgan fingerprint density at radius 2 is 1.73 bits per heavy atom. The summed E-state index contributed by atoms with van der Waals surface area (Å²) in [6, 6.07) is 14.1. The van der Waals surface area contributed by atoms with Crippen LogP contribution in [-0.4, -0.2) is 22.4 Å². The highest BCUT2D eigenvalue weighted by Crippen LogP contribution is 2.34. The normalized spacial score (nSPS) is 18.2. The molecule has 7 nitrogen and oxygen atoms in total. The molecule has 1 aliphatic carbocycles. The molecular formula is C23H26N2O5. The first kappa shape index (κ1) is 21.5. The van der Waals surface area contributed by atoms with Gasteiger partial charge < -0.3 is 10.1 Å². The first-order chi connectivity index (χ1) is 14.1. The molecule has 2 aromatic carbocycles. The summed E-state index contributed by atoms with van der Waals surface area (Å²) in [4.78, 5) is 36.6. The van der Waals surface area contributed by atoms with E-state index in [1.165, 1.54) is 12.1 Å². The van der Waals surface area contributed by atoms with Crippen LogP contribution in [0.4, 0.5) is 5.69 Å². The second kappa shape index (κ2) is 8.65. The second-order valence-electron chi connectivity index (χ2n) is 8.57. The summed E-state index contributed by atoms with van der Waals surface area (Å²) in [5, 5.41) is 14.1. The van der Waals surface area contributed by atoms with Crippen molar-refractivity contribution >= 4 is 17.6 Å². The molecule has 0 bridgehead atoms. The molecule has 0 aliphatic heterocycles. The Labute approximate surface area is 175 Å². The van der Waals surface area contributed by atoms with Crippen molar-refractivity contribution in [1.29, 1.82) is 0 Å². The molecule has 7 heteroatoms. The highest BCUT2D eigenvalue weighted by Gasteiger charge is 2.40. The van der Waals surface area contributed by atoms with Crippen LogP contribution in [0.2, 0.25) is 0 Å². The lowest BCUT2D eigenvalue weighted by molar-refractivity contribution is -0.384. The fourth-order valence-electron chi connectivity index (χ4n) is 3.69. The van der Waals surface area contributed by atoms with Gasteiger partial charge in [-0.3, -0.25) is 19.7 Å². The van der Waals surface area contributed by atoms with E-state index in [1.54, 1.807) is 26.8 Å². The van der Waals surface area contributed by atoms with E-state index in [0.717, 1.165) is 11.1 Å². The van der Waals surface area contributed by atoms with Gasteiger partial charge >= 0.3 is 5.97 Å². The Kier molecular flexibility index (Phi) is 6.20. The van der Waals surface area contributed by atoms with Gasteiger partial charge in [-0.25, -0.2) is 0 Å². The van der Waals surface area contributed by atoms with Crippen molar-refractivity contribution in [3.8, 4) is 0 Å². The first-order valence-corrected chi connectivity index (χ1v) is 9.95. The SMILES string of the molecule is CC(C)(C)OC(=O)C1Cc2cc([N+](=O)[O-])ccc2CC1C(=O)NCc1ccccc1. The minimum atomic E-state index is -0.700. The van der Waals surface area contributed by atoms with E-state index in [2.05, 4.69) is 5.32 Å². The predicted octanol–water partition coefficient (Wildman–Crippen LogP) is 3.58. The molecule has 0 radical (unpaired) electrons. The van der Waals surface area contributed by atoms with Crippen LogP contribution in [0, 0.1) is 22.0 Å². The van der Waals surface area contributed by atoms with Crippen molar-refractivity contribution in [3.63, 3.8) is 0 Å². The maximum absolute atomic E-state index is 13.0. The van der Waals surface area contributed by atoms with Crippen molar-refractivity contribution in [2.75, 3.05) is 0 Å². The smallest absolute Gasteiger partial charge is 0.310 e. The number of nitrogens with zero attached hydrogens (tertiary/aromatic N) is 1. The first-order valence-electron chi connectivity index (χ1n) is 9.95. The summed E-state index contributed by atoms with van der Waals surface area (Å²) < 4.78 is 5.56. The molecule has 0 heterocycles. The third-order valence-electron chi connectivity index (χ3n) is 5.12. The minimum Gasteiger partial charge on any atom is -0.460 e. The average molecular weight is 410 g/mol. The van der Waals surface area contributed by atoms with E-state index < -0.39 is 28.3 Å². The van der Waals surface area contributed by atoms with E-state index in [0.29, 0.717) is 18.5 Å². The fourth-order valence-corrected chi connectivity index (χ4v) is 3.69. The monoisotopic (exact) mass is 410 g/mol. The lowest BCUT2D eigenvalue weighted by Gasteiger charge is -2.32. The van der Waals surface area contributed by atoms with Gasteiger partial charge in [0, 0.05) is 18.7 Å². The van der Waals surface area contributed by atoms with Crippen LogP contribution in [-0.2, 0) is 33.7 Å². The summed E-state index contributed by atoms with van der Waals surface area (Å²) in [5.74, 6) is -1.98. The number of carbonyl (C=O) groups is 2. The second-order valence-corrected chi connectivity index (χ2v) is 8.57. The zero-order chi connectivity index (χ0) is 21.9.